The van der Waals surface area contributed by atoms with Crippen molar-refractivity contribution in [1.29, 1.82) is 0 Å². The molecule has 1 aliphatic rings. The number of hydrogen-bond donors (Lipinski definition) is 2. The molecule has 1 aromatic carbocycles. The van der Waals surface area contributed by atoms with E-state index in [9.17, 15) is 9.18 Å². The minimum Gasteiger partial charge on any atom is -0.322 e. The topological polar surface area (TPSA) is 41.1 Å². The van der Waals surface area contributed by atoms with E-state index in [1.54, 1.807) is 19.2 Å². The van der Waals surface area contributed by atoms with Crippen molar-refractivity contribution in [3.63, 3.8) is 0 Å². The smallest absolute Gasteiger partial charge is 0.246 e. The van der Waals surface area contributed by atoms with Crippen molar-refractivity contribution in [2.45, 2.75) is 6.04 Å². The fourth-order valence-electron chi connectivity index (χ4n) is 1.54. The molecule has 68 valence electrons. The molecule has 0 aliphatic carbocycles. The lowest BCUT2D eigenvalue weighted by molar-refractivity contribution is -0.117. The van der Waals surface area contributed by atoms with Crippen molar-refractivity contribution in [3.05, 3.63) is 29.6 Å². The van der Waals surface area contributed by atoms with E-state index < -0.39 is 6.04 Å². The first-order chi connectivity index (χ1) is 6.24. The van der Waals surface area contributed by atoms with Gasteiger partial charge in [-0.15, -0.1) is 0 Å². The quantitative estimate of drug-likeness (QED) is 0.678. The molecule has 4 heteroatoms. The lowest BCUT2D eigenvalue weighted by Crippen LogP contribution is -2.23. The highest BCUT2D eigenvalue weighted by Gasteiger charge is 2.30. The van der Waals surface area contributed by atoms with Gasteiger partial charge in [-0.05, 0) is 13.1 Å². The minimum absolute atomic E-state index is 0.206. The van der Waals surface area contributed by atoms with Crippen molar-refractivity contribution >= 4 is 11.6 Å². The molecule has 1 aliphatic heterocycles. The summed E-state index contributed by atoms with van der Waals surface area (Å²) in [4.78, 5) is 11.3. The van der Waals surface area contributed by atoms with E-state index in [1.165, 1.54) is 6.07 Å². The maximum absolute atomic E-state index is 13.1. The van der Waals surface area contributed by atoms with Gasteiger partial charge in [-0.2, -0.15) is 0 Å². The predicted octanol–water partition coefficient (Wildman–Crippen LogP) is 1.04. The SMILES string of the molecule is CNC1C(=O)Nc2c(F)cccc21. The van der Waals surface area contributed by atoms with Crippen LogP contribution in [0.5, 0.6) is 0 Å². The highest BCUT2D eigenvalue weighted by molar-refractivity contribution is 6.02. The average molecular weight is 180 g/mol. The summed E-state index contributed by atoms with van der Waals surface area (Å²) in [6, 6.07) is 4.23. The molecule has 13 heavy (non-hydrogen) atoms. The van der Waals surface area contributed by atoms with Crippen molar-refractivity contribution in [1.82, 2.24) is 5.32 Å². The second-order valence-electron chi connectivity index (χ2n) is 2.92. The number of rotatable bonds is 1. The van der Waals surface area contributed by atoms with Gasteiger partial charge in [-0.25, -0.2) is 4.39 Å². The van der Waals surface area contributed by atoms with Gasteiger partial charge in [-0.3, -0.25) is 4.79 Å². The van der Waals surface area contributed by atoms with Crippen LogP contribution in [0, 0.1) is 5.82 Å². The van der Waals surface area contributed by atoms with Crippen LogP contribution in [0.1, 0.15) is 11.6 Å². The summed E-state index contributed by atoms with van der Waals surface area (Å²) in [5, 5.41) is 5.31. The summed E-state index contributed by atoms with van der Waals surface area (Å²) in [6.07, 6.45) is 0. The summed E-state index contributed by atoms with van der Waals surface area (Å²) >= 11 is 0. The van der Waals surface area contributed by atoms with Crippen molar-refractivity contribution in [3.8, 4) is 0 Å². The number of halogens is 1. The number of nitrogens with one attached hydrogen (secondary N) is 2. The molecule has 2 N–H and O–H groups in total. The summed E-state index contributed by atoms with van der Waals surface area (Å²) in [6.45, 7) is 0. The number of carbonyl (C=O) groups excluding carboxylic acids is 1. The number of hydrogen-bond acceptors (Lipinski definition) is 2. The summed E-state index contributed by atoms with van der Waals surface area (Å²) < 4.78 is 13.1. The third-order valence-corrected chi connectivity index (χ3v) is 2.16. The van der Waals surface area contributed by atoms with E-state index in [2.05, 4.69) is 10.6 Å². The molecular weight excluding hydrogens is 171 g/mol. The van der Waals surface area contributed by atoms with Crippen molar-refractivity contribution in [2.24, 2.45) is 0 Å². The van der Waals surface area contributed by atoms with Gasteiger partial charge in [0.15, 0.2) is 0 Å². The molecule has 0 radical (unpaired) electrons. The average Bonchev–Trinajstić information content (AvgIpc) is 2.43. The number of para-hydroxylation sites is 1. The molecule has 0 aromatic heterocycles. The second kappa shape index (κ2) is 2.81. The molecule has 0 bridgehead atoms. The molecule has 1 unspecified atom stereocenters. The largest absolute Gasteiger partial charge is 0.322 e. The van der Waals surface area contributed by atoms with E-state index in [1.807, 2.05) is 0 Å². The van der Waals surface area contributed by atoms with Crippen LogP contribution in [0.3, 0.4) is 0 Å². The lowest BCUT2D eigenvalue weighted by Gasteiger charge is -2.05. The van der Waals surface area contributed by atoms with Crippen LogP contribution in [0.2, 0.25) is 0 Å². The summed E-state index contributed by atoms with van der Waals surface area (Å²) in [7, 11) is 1.67. The lowest BCUT2D eigenvalue weighted by atomic mass is 10.1. The van der Waals surface area contributed by atoms with Crippen molar-refractivity contribution in [2.75, 3.05) is 12.4 Å². The van der Waals surface area contributed by atoms with Crippen LogP contribution in [0.15, 0.2) is 18.2 Å². The van der Waals surface area contributed by atoms with Crippen LogP contribution in [0.4, 0.5) is 10.1 Å². The molecule has 0 saturated heterocycles. The van der Waals surface area contributed by atoms with Crippen molar-refractivity contribution < 1.29 is 9.18 Å². The Morgan fingerprint density at radius 2 is 2.31 bits per heavy atom. The minimum atomic E-state index is -0.425. The Kier molecular flexibility index (Phi) is 1.77. The number of carbonyl (C=O) groups is 1. The molecule has 1 amide bonds. The third-order valence-electron chi connectivity index (χ3n) is 2.16. The normalized spacial score (nSPS) is 19.8. The maximum atomic E-state index is 13.1. The van der Waals surface area contributed by atoms with Gasteiger partial charge >= 0.3 is 0 Å². The van der Waals surface area contributed by atoms with Crippen LogP contribution >= 0.6 is 0 Å². The Balaban J connectivity index is 2.54. The monoisotopic (exact) mass is 180 g/mol. The van der Waals surface area contributed by atoms with Gasteiger partial charge in [0.05, 0.1) is 5.69 Å². The highest BCUT2D eigenvalue weighted by Crippen LogP contribution is 2.32. The first-order valence-corrected chi connectivity index (χ1v) is 4.00. The maximum Gasteiger partial charge on any atom is 0.246 e. The second-order valence-corrected chi connectivity index (χ2v) is 2.92. The highest BCUT2D eigenvalue weighted by atomic mass is 19.1. The number of fused-ring (bicyclic) bond motifs is 1. The van der Waals surface area contributed by atoms with Crippen LogP contribution < -0.4 is 10.6 Å². The molecule has 1 atom stereocenters. The van der Waals surface area contributed by atoms with Gasteiger partial charge in [0, 0.05) is 5.56 Å². The van der Waals surface area contributed by atoms with E-state index in [4.69, 9.17) is 0 Å². The molecule has 0 fully saturated rings. The third kappa shape index (κ3) is 1.10. The molecule has 3 nitrogen and oxygen atoms in total. The van der Waals surface area contributed by atoms with Gasteiger partial charge < -0.3 is 10.6 Å². The molecule has 0 spiro atoms. The zero-order chi connectivity index (χ0) is 9.42. The van der Waals surface area contributed by atoms with E-state index >= 15 is 0 Å². The summed E-state index contributed by atoms with van der Waals surface area (Å²) in [5.41, 5.74) is 0.972. The molecule has 0 saturated carbocycles. The first-order valence-electron chi connectivity index (χ1n) is 4.00. The Labute approximate surface area is 74.9 Å². The number of anilines is 1. The van der Waals surface area contributed by atoms with E-state index in [0.717, 1.165) is 0 Å². The zero-order valence-corrected chi connectivity index (χ0v) is 7.10. The fraction of sp³-hybridized carbons (Fsp3) is 0.222. The van der Waals surface area contributed by atoms with E-state index in [-0.39, 0.29) is 11.7 Å². The van der Waals surface area contributed by atoms with Gasteiger partial charge in [-0.1, -0.05) is 12.1 Å². The Morgan fingerprint density at radius 3 is 3.00 bits per heavy atom. The molecule has 1 aromatic rings. The molecular formula is C9H9FN2O. The fourth-order valence-corrected chi connectivity index (χ4v) is 1.54. The number of benzene rings is 1. The standard InChI is InChI=1S/C9H9FN2O/c1-11-8-5-3-2-4-6(10)7(5)12-9(8)13/h2-4,8,11H,1H3,(H,12,13). The van der Waals surface area contributed by atoms with Crippen LogP contribution in [-0.2, 0) is 4.79 Å². The molecule has 2 rings (SSSR count). The van der Waals surface area contributed by atoms with Gasteiger partial charge in [0.1, 0.15) is 11.9 Å². The zero-order valence-electron chi connectivity index (χ0n) is 7.10. The number of likely N-dealkylation sites (N-methyl/N-ethyl adjacent to an activating group) is 1. The predicted molar refractivity (Wildman–Crippen MR) is 46.8 cm³/mol. The van der Waals surface area contributed by atoms with Crippen LogP contribution in [0.25, 0.3) is 0 Å². The summed E-state index contributed by atoms with van der Waals surface area (Å²) in [5.74, 6) is -0.591. The Bertz CT molecular complexity index is 365. The van der Waals surface area contributed by atoms with Crippen LogP contribution in [-0.4, -0.2) is 13.0 Å². The number of amides is 1. The Morgan fingerprint density at radius 1 is 1.54 bits per heavy atom. The van der Waals surface area contributed by atoms with Gasteiger partial charge in [0.25, 0.3) is 0 Å². The van der Waals surface area contributed by atoms with Gasteiger partial charge in [0.2, 0.25) is 5.91 Å². The molecule has 1 heterocycles. The van der Waals surface area contributed by atoms with E-state index in [0.29, 0.717) is 11.3 Å². The first kappa shape index (κ1) is 8.19. The Hall–Kier alpha value is -1.42.